The van der Waals surface area contributed by atoms with E-state index in [1.165, 1.54) is 0 Å². The topological polar surface area (TPSA) is 61.2 Å². The Morgan fingerprint density at radius 1 is 1.29 bits per heavy atom. The van der Waals surface area contributed by atoms with Crippen LogP contribution in [0.2, 0.25) is 0 Å². The summed E-state index contributed by atoms with van der Waals surface area (Å²) in [6.07, 6.45) is 6.38. The smallest absolute Gasteiger partial charge is 0.247 e. The van der Waals surface area contributed by atoms with Gasteiger partial charge in [-0.2, -0.15) is 4.98 Å². The molecular formula is C17H21ClN4O2. The second kappa shape index (κ2) is 8.40. The Morgan fingerprint density at radius 3 is 2.67 bits per heavy atom. The normalized spacial score (nSPS) is 11.8. The molecule has 0 amide bonds. The third-order valence-electron chi connectivity index (χ3n) is 3.16. The van der Waals surface area contributed by atoms with E-state index in [-0.39, 0.29) is 0 Å². The third kappa shape index (κ3) is 4.08. The van der Waals surface area contributed by atoms with Gasteiger partial charge in [-0.25, -0.2) is 4.68 Å². The number of nitrogens with zero attached hydrogens (tertiary/aromatic N) is 3. The van der Waals surface area contributed by atoms with Gasteiger partial charge >= 0.3 is 0 Å². The SMILES string of the molecule is CC=Cn1nc(Nc2ccc(OC)c(OC)c2)nc1C(Cl)=CCC. The number of hydrogen-bond acceptors (Lipinski definition) is 5. The van der Waals surface area contributed by atoms with Crippen LogP contribution < -0.4 is 14.8 Å². The van der Waals surface area contributed by atoms with E-state index in [0.717, 1.165) is 12.1 Å². The fraction of sp³-hybridized carbons (Fsp3) is 0.294. The van der Waals surface area contributed by atoms with Gasteiger partial charge in [0.2, 0.25) is 5.95 Å². The lowest BCUT2D eigenvalue weighted by Gasteiger charge is -2.09. The minimum atomic E-state index is 0.443. The summed E-state index contributed by atoms with van der Waals surface area (Å²) in [5.41, 5.74) is 0.785. The number of nitrogens with one attached hydrogen (secondary N) is 1. The second-order valence-electron chi connectivity index (χ2n) is 4.84. The van der Waals surface area contributed by atoms with Crippen molar-refractivity contribution in [3.05, 3.63) is 36.2 Å². The van der Waals surface area contributed by atoms with Crippen LogP contribution in [0.5, 0.6) is 11.5 Å². The zero-order valence-corrected chi connectivity index (χ0v) is 15.0. The van der Waals surface area contributed by atoms with E-state index < -0.39 is 0 Å². The van der Waals surface area contributed by atoms with Crippen LogP contribution in [0.25, 0.3) is 11.2 Å². The first-order valence-corrected chi connectivity index (χ1v) is 7.95. The van der Waals surface area contributed by atoms with Crippen LogP contribution in [0.4, 0.5) is 11.6 Å². The van der Waals surface area contributed by atoms with Gasteiger partial charge in [0, 0.05) is 18.0 Å². The number of hydrogen-bond donors (Lipinski definition) is 1. The van der Waals surface area contributed by atoms with E-state index in [9.17, 15) is 0 Å². The number of ether oxygens (including phenoxy) is 2. The Balaban J connectivity index is 2.33. The molecule has 2 aromatic rings. The lowest BCUT2D eigenvalue weighted by Crippen LogP contribution is -1.96. The van der Waals surface area contributed by atoms with Gasteiger partial charge < -0.3 is 14.8 Å². The van der Waals surface area contributed by atoms with Crippen LogP contribution in [-0.4, -0.2) is 29.0 Å². The zero-order chi connectivity index (χ0) is 17.5. The molecule has 0 aliphatic heterocycles. The molecule has 7 heteroatoms. The highest BCUT2D eigenvalue weighted by atomic mass is 35.5. The highest BCUT2D eigenvalue weighted by molar-refractivity contribution is 6.48. The van der Waals surface area contributed by atoms with Crippen molar-refractivity contribution in [1.82, 2.24) is 14.8 Å². The molecule has 2 rings (SSSR count). The van der Waals surface area contributed by atoms with E-state index >= 15 is 0 Å². The largest absolute Gasteiger partial charge is 0.493 e. The lowest BCUT2D eigenvalue weighted by atomic mass is 10.3. The van der Waals surface area contributed by atoms with Crippen molar-refractivity contribution in [2.24, 2.45) is 0 Å². The molecule has 0 saturated heterocycles. The Morgan fingerprint density at radius 2 is 2.04 bits per heavy atom. The third-order valence-corrected chi connectivity index (χ3v) is 3.48. The molecule has 1 N–H and O–H groups in total. The number of aromatic nitrogens is 3. The Labute approximate surface area is 146 Å². The Kier molecular flexibility index (Phi) is 6.26. The minimum Gasteiger partial charge on any atom is -0.493 e. The standard InChI is InChI=1S/C17H21ClN4O2/c1-5-7-13(18)16-20-17(21-22(16)10-6-2)19-12-8-9-14(23-3)15(11-12)24-4/h6-11H,5H2,1-4H3,(H,19,21). The average molecular weight is 349 g/mol. The predicted molar refractivity (Wildman–Crippen MR) is 98.0 cm³/mol. The van der Waals surface area contributed by atoms with Gasteiger partial charge in [0.05, 0.1) is 19.3 Å². The molecule has 24 heavy (non-hydrogen) atoms. The first-order valence-electron chi connectivity index (χ1n) is 7.57. The summed E-state index contributed by atoms with van der Waals surface area (Å²) in [7, 11) is 3.19. The number of methoxy groups -OCH3 is 2. The highest BCUT2D eigenvalue weighted by Crippen LogP contribution is 2.31. The molecular weight excluding hydrogens is 328 g/mol. The molecule has 0 bridgehead atoms. The second-order valence-corrected chi connectivity index (χ2v) is 5.25. The van der Waals surface area contributed by atoms with Crippen molar-refractivity contribution in [3.63, 3.8) is 0 Å². The molecule has 0 saturated carbocycles. The van der Waals surface area contributed by atoms with Crippen LogP contribution in [0.3, 0.4) is 0 Å². The molecule has 0 aliphatic carbocycles. The monoisotopic (exact) mass is 348 g/mol. The van der Waals surface area contributed by atoms with Crippen molar-refractivity contribution < 1.29 is 9.47 Å². The zero-order valence-electron chi connectivity index (χ0n) is 14.2. The molecule has 6 nitrogen and oxygen atoms in total. The number of benzene rings is 1. The Bertz CT molecular complexity index is 753. The minimum absolute atomic E-state index is 0.443. The molecule has 0 atom stereocenters. The van der Waals surface area contributed by atoms with E-state index in [4.69, 9.17) is 21.1 Å². The molecule has 1 heterocycles. The van der Waals surface area contributed by atoms with Crippen LogP contribution in [-0.2, 0) is 0 Å². The van der Waals surface area contributed by atoms with E-state index in [1.807, 2.05) is 44.2 Å². The van der Waals surface area contributed by atoms with Gasteiger partial charge in [-0.3, -0.25) is 0 Å². The summed E-state index contributed by atoms with van der Waals surface area (Å²) in [5, 5.41) is 8.11. The van der Waals surface area contributed by atoms with Crippen LogP contribution >= 0.6 is 11.6 Å². The van der Waals surface area contributed by atoms with Gasteiger partial charge in [-0.05, 0) is 25.5 Å². The van der Waals surface area contributed by atoms with Crippen molar-refractivity contribution in [2.45, 2.75) is 20.3 Å². The number of anilines is 2. The first kappa shape index (κ1) is 17.9. The summed E-state index contributed by atoms with van der Waals surface area (Å²) in [5.74, 6) is 2.31. The Hall–Kier alpha value is -2.47. The fourth-order valence-corrected chi connectivity index (χ4v) is 2.38. The first-order chi connectivity index (χ1) is 11.6. The maximum Gasteiger partial charge on any atom is 0.247 e. The quantitative estimate of drug-likeness (QED) is 0.797. The molecule has 128 valence electrons. The van der Waals surface area contributed by atoms with Crippen LogP contribution in [0, 0.1) is 0 Å². The van der Waals surface area contributed by atoms with Gasteiger partial charge in [0.1, 0.15) is 0 Å². The molecule has 1 aromatic carbocycles. The molecule has 0 radical (unpaired) electrons. The number of allylic oxidation sites excluding steroid dienone is 2. The summed E-state index contributed by atoms with van der Waals surface area (Å²) in [6.45, 7) is 3.92. The fourth-order valence-electron chi connectivity index (χ4n) is 2.10. The van der Waals surface area contributed by atoms with Crippen LogP contribution in [0.1, 0.15) is 26.1 Å². The maximum atomic E-state index is 6.29. The number of rotatable bonds is 7. The summed E-state index contributed by atoms with van der Waals surface area (Å²) in [6, 6.07) is 5.49. The molecule has 0 aliphatic rings. The average Bonchev–Trinajstić information content (AvgIpc) is 2.98. The highest BCUT2D eigenvalue weighted by Gasteiger charge is 2.12. The van der Waals surface area contributed by atoms with Gasteiger partial charge in [0.25, 0.3) is 0 Å². The van der Waals surface area contributed by atoms with Crippen molar-refractivity contribution in [1.29, 1.82) is 0 Å². The van der Waals surface area contributed by atoms with Gasteiger partial charge in [0.15, 0.2) is 17.3 Å². The molecule has 0 spiro atoms. The van der Waals surface area contributed by atoms with Crippen molar-refractivity contribution in [3.8, 4) is 11.5 Å². The van der Waals surface area contributed by atoms with Crippen molar-refractivity contribution >= 4 is 34.5 Å². The maximum absolute atomic E-state index is 6.29. The number of halogens is 1. The van der Waals surface area contributed by atoms with Crippen molar-refractivity contribution in [2.75, 3.05) is 19.5 Å². The predicted octanol–water partition coefficient (Wildman–Crippen LogP) is 4.52. The van der Waals surface area contributed by atoms with Crippen LogP contribution in [0.15, 0.2) is 30.4 Å². The van der Waals surface area contributed by atoms with E-state index in [0.29, 0.717) is 28.3 Å². The molecule has 0 fully saturated rings. The lowest BCUT2D eigenvalue weighted by molar-refractivity contribution is 0.355. The summed E-state index contributed by atoms with van der Waals surface area (Å²) in [4.78, 5) is 4.46. The molecule has 1 aromatic heterocycles. The van der Waals surface area contributed by atoms with E-state index in [2.05, 4.69) is 15.4 Å². The molecule has 0 unspecified atom stereocenters. The van der Waals surface area contributed by atoms with Gasteiger partial charge in [-0.1, -0.05) is 30.7 Å². The van der Waals surface area contributed by atoms with E-state index in [1.54, 1.807) is 25.1 Å². The summed E-state index contributed by atoms with van der Waals surface area (Å²) < 4.78 is 12.2. The van der Waals surface area contributed by atoms with Gasteiger partial charge in [-0.15, -0.1) is 5.10 Å². The summed E-state index contributed by atoms with van der Waals surface area (Å²) >= 11 is 6.29.